The number of anilines is 2. The number of carbonyl (C=O) groups is 1. The number of benzene rings is 2. The van der Waals surface area contributed by atoms with Crippen LogP contribution in [0.15, 0.2) is 41.3 Å². The molecule has 1 amide bonds. The van der Waals surface area contributed by atoms with Gasteiger partial charge in [-0.1, -0.05) is 6.92 Å². The monoisotopic (exact) mass is 466 g/mol. The van der Waals surface area contributed by atoms with E-state index in [9.17, 15) is 14.0 Å². The van der Waals surface area contributed by atoms with Gasteiger partial charge in [-0.05, 0) is 62.2 Å². The highest BCUT2D eigenvalue weighted by Crippen LogP contribution is 2.38. The van der Waals surface area contributed by atoms with Crippen molar-refractivity contribution >= 4 is 28.2 Å². The molecule has 1 N–H and O–H groups in total. The van der Waals surface area contributed by atoms with Gasteiger partial charge in [0.05, 0.1) is 11.2 Å². The van der Waals surface area contributed by atoms with E-state index in [4.69, 9.17) is 0 Å². The van der Waals surface area contributed by atoms with Crippen molar-refractivity contribution < 1.29 is 13.6 Å². The SMILES string of the molecule is CCN1CCN(c2cc3c(cc2F)c(=O)c(C(=O)Nc2ccc(F)c(C)c2)cn3C2CC2)CC1. The first-order valence-corrected chi connectivity index (χ1v) is 11.8. The molecule has 2 heterocycles. The van der Waals surface area contributed by atoms with Crippen molar-refractivity contribution in [1.29, 1.82) is 0 Å². The Hall–Kier alpha value is -3.26. The van der Waals surface area contributed by atoms with E-state index in [2.05, 4.69) is 17.1 Å². The van der Waals surface area contributed by atoms with Gasteiger partial charge in [0.25, 0.3) is 5.91 Å². The summed E-state index contributed by atoms with van der Waals surface area (Å²) in [4.78, 5) is 30.6. The molecule has 8 heteroatoms. The van der Waals surface area contributed by atoms with Gasteiger partial charge in [-0.15, -0.1) is 0 Å². The van der Waals surface area contributed by atoms with E-state index < -0.39 is 17.2 Å². The van der Waals surface area contributed by atoms with Gasteiger partial charge in [-0.3, -0.25) is 9.59 Å². The summed E-state index contributed by atoms with van der Waals surface area (Å²) in [5, 5.41) is 2.88. The molecule has 5 rings (SSSR count). The number of fused-ring (bicyclic) bond motifs is 1. The molecule has 2 aliphatic rings. The van der Waals surface area contributed by atoms with Crippen LogP contribution in [0, 0.1) is 18.6 Å². The van der Waals surface area contributed by atoms with Crippen molar-refractivity contribution in [3.8, 4) is 0 Å². The molecule has 34 heavy (non-hydrogen) atoms. The van der Waals surface area contributed by atoms with E-state index in [0.717, 1.165) is 45.6 Å². The number of likely N-dealkylation sites (N-methyl/N-ethyl adjacent to an activating group) is 1. The van der Waals surface area contributed by atoms with E-state index in [1.807, 2.05) is 9.47 Å². The van der Waals surface area contributed by atoms with Crippen molar-refractivity contribution in [2.24, 2.45) is 0 Å². The van der Waals surface area contributed by atoms with Gasteiger partial charge < -0.3 is 19.7 Å². The van der Waals surface area contributed by atoms with Crippen molar-refractivity contribution in [3.63, 3.8) is 0 Å². The van der Waals surface area contributed by atoms with Crippen molar-refractivity contribution in [1.82, 2.24) is 9.47 Å². The third-order valence-electron chi connectivity index (χ3n) is 6.86. The van der Waals surface area contributed by atoms with Crippen molar-refractivity contribution in [2.75, 3.05) is 42.9 Å². The van der Waals surface area contributed by atoms with Crippen LogP contribution in [0.25, 0.3) is 10.9 Å². The Labute approximate surface area is 196 Å². The minimum absolute atomic E-state index is 0.0508. The van der Waals surface area contributed by atoms with Crippen LogP contribution in [0.2, 0.25) is 0 Å². The first-order chi connectivity index (χ1) is 16.4. The maximum absolute atomic E-state index is 15.2. The van der Waals surface area contributed by atoms with Crippen LogP contribution < -0.4 is 15.6 Å². The summed E-state index contributed by atoms with van der Waals surface area (Å²) in [5.74, 6) is -1.42. The maximum atomic E-state index is 15.2. The summed E-state index contributed by atoms with van der Waals surface area (Å²) in [5.41, 5.74) is 1.37. The minimum atomic E-state index is -0.590. The van der Waals surface area contributed by atoms with E-state index in [-0.39, 0.29) is 22.8 Å². The summed E-state index contributed by atoms with van der Waals surface area (Å²) < 4.78 is 30.8. The number of halogens is 2. The Morgan fingerprint density at radius 3 is 2.44 bits per heavy atom. The molecule has 1 aliphatic heterocycles. The number of carbonyl (C=O) groups excluding carboxylic acids is 1. The lowest BCUT2D eigenvalue weighted by atomic mass is 10.1. The fraction of sp³-hybridized carbons (Fsp3) is 0.385. The molecule has 0 bridgehead atoms. The molecule has 6 nitrogen and oxygen atoms in total. The highest BCUT2D eigenvalue weighted by Gasteiger charge is 2.28. The zero-order valence-electron chi connectivity index (χ0n) is 19.4. The predicted molar refractivity (Wildman–Crippen MR) is 130 cm³/mol. The third-order valence-corrected chi connectivity index (χ3v) is 6.86. The highest BCUT2D eigenvalue weighted by molar-refractivity contribution is 6.06. The zero-order chi connectivity index (χ0) is 24.0. The summed E-state index contributed by atoms with van der Waals surface area (Å²) in [7, 11) is 0. The molecule has 0 atom stereocenters. The molecule has 1 aliphatic carbocycles. The fourth-order valence-corrected chi connectivity index (χ4v) is 4.64. The second-order valence-corrected chi connectivity index (χ2v) is 9.17. The second kappa shape index (κ2) is 8.83. The zero-order valence-corrected chi connectivity index (χ0v) is 19.4. The topological polar surface area (TPSA) is 57.6 Å². The molecule has 0 spiro atoms. The van der Waals surface area contributed by atoms with Gasteiger partial charge in [0.2, 0.25) is 5.43 Å². The van der Waals surface area contributed by atoms with Crippen LogP contribution in [0.3, 0.4) is 0 Å². The number of pyridine rings is 1. The number of hydrogen-bond donors (Lipinski definition) is 1. The van der Waals surface area contributed by atoms with E-state index >= 15 is 4.39 Å². The molecule has 3 aromatic rings. The summed E-state index contributed by atoms with van der Waals surface area (Å²) in [6.07, 6.45) is 3.47. The van der Waals surface area contributed by atoms with Gasteiger partial charge in [-0.2, -0.15) is 0 Å². The lowest BCUT2D eigenvalue weighted by molar-refractivity contribution is 0.102. The Morgan fingerprint density at radius 2 is 1.79 bits per heavy atom. The third kappa shape index (κ3) is 4.18. The molecular formula is C26H28F2N4O2. The first-order valence-electron chi connectivity index (χ1n) is 11.8. The molecular weight excluding hydrogens is 438 g/mol. The molecule has 1 saturated heterocycles. The number of rotatable bonds is 5. The first kappa shape index (κ1) is 22.5. The van der Waals surface area contributed by atoms with Crippen molar-refractivity contribution in [2.45, 2.75) is 32.7 Å². The van der Waals surface area contributed by atoms with E-state index in [0.29, 0.717) is 22.5 Å². The van der Waals surface area contributed by atoms with Crippen LogP contribution in [-0.4, -0.2) is 48.1 Å². The maximum Gasteiger partial charge on any atom is 0.261 e. The quantitative estimate of drug-likeness (QED) is 0.609. The Balaban J connectivity index is 1.54. The van der Waals surface area contributed by atoms with Crippen LogP contribution in [-0.2, 0) is 0 Å². The minimum Gasteiger partial charge on any atom is -0.367 e. The normalized spacial score (nSPS) is 16.8. The Bertz CT molecular complexity index is 1320. The molecule has 178 valence electrons. The molecule has 2 aromatic carbocycles. The van der Waals surface area contributed by atoms with Crippen LogP contribution in [0.1, 0.15) is 41.7 Å². The number of nitrogens with one attached hydrogen (secondary N) is 1. The smallest absolute Gasteiger partial charge is 0.261 e. The average molecular weight is 467 g/mol. The number of piperazine rings is 1. The van der Waals surface area contributed by atoms with E-state index in [1.54, 1.807) is 19.2 Å². The number of hydrogen-bond acceptors (Lipinski definition) is 4. The summed E-state index contributed by atoms with van der Waals surface area (Å²) in [6.45, 7) is 7.87. The Kier molecular flexibility index (Phi) is 5.85. The second-order valence-electron chi connectivity index (χ2n) is 9.17. The lowest BCUT2D eigenvalue weighted by Gasteiger charge is -2.35. The highest BCUT2D eigenvalue weighted by atomic mass is 19.1. The molecule has 1 aromatic heterocycles. The van der Waals surface area contributed by atoms with Gasteiger partial charge in [0.1, 0.15) is 17.2 Å². The van der Waals surface area contributed by atoms with Crippen LogP contribution in [0.5, 0.6) is 0 Å². The van der Waals surface area contributed by atoms with E-state index in [1.165, 1.54) is 24.3 Å². The number of aromatic nitrogens is 1. The van der Waals surface area contributed by atoms with Gasteiger partial charge in [0, 0.05) is 49.5 Å². The Morgan fingerprint density at radius 1 is 1.06 bits per heavy atom. The van der Waals surface area contributed by atoms with Crippen LogP contribution >= 0.6 is 0 Å². The number of nitrogens with zero attached hydrogens (tertiary/aromatic N) is 3. The molecule has 0 radical (unpaired) electrons. The van der Waals surface area contributed by atoms with Crippen molar-refractivity contribution in [3.05, 3.63) is 69.5 Å². The summed E-state index contributed by atoms with van der Waals surface area (Å²) >= 11 is 0. The summed E-state index contributed by atoms with van der Waals surface area (Å²) in [6, 6.07) is 7.44. The van der Waals surface area contributed by atoms with Gasteiger partial charge in [0.15, 0.2) is 0 Å². The molecule has 0 unspecified atom stereocenters. The predicted octanol–water partition coefficient (Wildman–Crippen LogP) is 4.32. The largest absolute Gasteiger partial charge is 0.367 e. The molecule has 2 fully saturated rings. The standard InChI is InChI=1S/C26H28F2N4O2/c1-3-30-8-10-31(11-9-30)24-14-23-19(13-22(24)28)25(33)20(15-32(23)18-5-6-18)26(34)29-17-4-7-21(27)16(2)12-17/h4,7,12-15,18H,3,5-6,8-11H2,1-2H3,(H,29,34). The number of aryl methyl sites for hydroxylation is 1. The van der Waals surface area contributed by atoms with Gasteiger partial charge >= 0.3 is 0 Å². The number of amides is 1. The lowest BCUT2D eigenvalue weighted by Crippen LogP contribution is -2.46. The van der Waals surface area contributed by atoms with Crippen LogP contribution in [0.4, 0.5) is 20.2 Å². The average Bonchev–Trinajstić information content (AvgIpc) is 3.67. The molecule has 1 saturated carbocycles. The fourth-order valence-electron chi connectivity index (χ4n) is 4.64. The van der Waals surface area contributed by atoms with Gasteiger partial charge in [-0.25, -0.2) is 8.78 Å².